The molecule has 1 unspecified atom stereocenters. The van der Waals surface area contributed by atoms with Crippen molar-refractivity contribution in [3.05, 3.63) is 66.0 Å². The van der Waals surface area contributed by atoms with E-state index in [1.165, 1.54) is 5.56 Å². The topological polar surface area (TPSA) is 49.3 Å². The van der Waals surface area contributed by atoms with Crippen LogP contribution in [0.2, 0.25) is 0 Å². The Morgan fingerprint density at radius 3 is 2.42 bits per heavy atom. The van der Waals surface area contributed by atoms with Crippen LogP contribution in [-0.2, 0) is 6.42 Å². The Bertz CT molecular complexity index is 608. The molecule has 0 bridgehead atoms. The van der Waals surface area contributed by atoms with Crippen LogP contribution >= 0.6 is 0 Å². The molecule has 2 aromatic rings. The number of guanidine groups is 1. The number of nitrogens with zero attached hydrogens (tertiary/aromatic N) is 2. The molecule has 0 aliphatic heterocycles. The van der Waals surface area contributed by atoms with Gasteiger partial charge in [-0.1, -0.05) is 50.2 Å². The zero-order valence-corrected chi connectivity index (χ0v) is 14.9. The fourth-order valence-electron chi connectivity index (χ4n) is 2.72. The van der Waals surface area contributed by atoms with E-state index in [1.807, 2.05) is 31.4 Å². The average molecular weight is 324 g/mol. The fraction of sp³-hybridized carbons (Fsp3) is 0.400. The predicted octanol–water partition coefficient (Wildman–Crippen LogP) is 3.23. The average Bonchev–Trinajstić information content (AvgIpc) is 2.62. The number of hydrogen-bond acceptors (Lipinski definition) is 2. The second-order valence-corrected chi connectivity index (χ2v) is 6.21. The summed E-state index contributed by atoms with van der Waals surface area (Å²) in [4.78, 5) is 8.66. The maximum atomic E-state index is 4.34. The minimum atomic E-state index is 0.459. The molecule has 1 aromatic carbocycles. The first kappa shape index (κ1) is 18.0. The van der Waals surface area contributed by atoms with Crippen molar-refractivity contribution < 1.29 is 0 Å². The summed E-state index contributed by atoms with van der Waals surface area (Å²) in [7, 11) is 1.81. The number of aliphatic imine (C=N–C) groups is 1. The van der Waals surface area contributed by atoms with E-state index in [2.05, 4.69) is 64.8 Å². The Labute approximate surface area is 145 Å². The smallest absolute Gasteiger partial charge is 0.191 e. The molecule has 0 saturated carbocycles. The number of aromatic nitrogens is 1. The highest BCUT2D eigenvalue weighted by atomic mass is 15.2. The van der Waals surface area contributed by atoms with Crippen molar-refractivity contribution in [1.82, 2.24) is 15.6 Å². The van der Waals surface area contributed by atoms with E-state index >= 15 is 0 Å². The molecule has 0 spiro atoms. The minimum Gasteiger partial charge on any atom is -0.356 e. The van der Waals surface area contributed by atoms with Crippen LogP contribution in [0.25, 0.3) is 0 Å². The van der Waals surface area contributed by atoms with E-state index in [0.717, 1.165) is 31.2 Å². The Hall–Kier alpha value is -2.36. The molecule has 0 radical (unpaired) electrons. The third-order valence-corrected chi connectivity index (χ3v) is 4.15. The fourth-order valence-corrected chi connectivity index (χ4v) is 2.72. The summed E-state index contributed by atoms with van der Waals surface area (Å²) in [5.74, 6) is 1.86. The van der Waals surface area contributed by atoms with Crippen molar-refractivity contribution in [2.75, 3.05) is 20.1 Å². The van der Waals surface area contributed by atoms with Gasteiger partial charge in [-0.05, 0) is 23.6 Å². The predicted molar refractivity (Wildman–Crippen MR) is 101 cm³/mol. The zero-order valence-electron chi connectivity index (χ0n) is 14.9. The number of hydrogen-bond donors (Lipinski definition) is 2. The highest BCUT2D eigenvalue weighted by Gasteiger charge is 2.15. The van der Waals surface area contributed by atoms with E-state index < -0.39 is 0 Å². The van der Waals surface area contributed by atoms with Gasteiger partial charge >= 0.3 is 0 Å². The van der Waals surface area contributed by atoms with E-state index in [0.29, 0.717) is 11.8 Å². The molecule has 0 amide bonds. The molecule has 0 aliphatic carbocycles. The number of pyridine rings is 1. The quantitative estimate of drug-likeness (QED) is 0.607. The van der Waals surface area contributed by atoms with Crippen LogP contribution in [0, 0.1) is 5.92 Å². The summed E-state index contributed by atoms with van der Waals surface area (Å²) >= 11 is 0. The van der Waals surface area contributed by atoms with Crippen LogP contribution in [0.4, 0.5) is 0 Å². The molecule has 128 valence electrons. The van der Waals surface area contributed by atoms with Crippen LogP contribution in [0.15, 0.2) is 59.7 Å². The summed E-state index contributed by atoms with van der Waals surface area (Å²) in [6.07, 6.45) is 2.71. The van der Waals surface area contributed by atoms with Crippen molar-refractivity contribution in [1.29, 1.82) is 0 Å². The molecule has 2 N–H and O–H groups in total. The standard InChI is InChI=1S/C20H28N4/c1-16(2)19(17-9-5-4-6-10-17)15-24-20(21-3)23-14-12-18-11-7-8-13-22-18/h4-11,13,16,19H,12,14-15H2,1-3H3,(H2,21,23,24). The van der Waals surface area contributed by atoms with Crippen LogP contribution in [0.5, 0.6) is 0 Å². The second-order valence-electron chi connectivity index (χ2n) is 6.21. The molecule has 1 atom stereocenters. The lowest BCUT2D eigenvalue weighted by Crippen LogP contribution is -2.40. The highest BCUT2D eigenvalue weighted by Crippen LogP contribution is 2.23. The molecule has 4 heteroatoms. The van der Waals surface area contributed by atoms with Crippen LogP contribution in [0.3, 0.4) is 0 Å². The first-order valence-electron chi connectivity index (χ1n) is 8.60. The van der Waals surface area contributed by atoms with E-state index in [1.54, 1.807) is 0 Å². The van der Waals surface area contributed by atoms with Gasteiger partial charge in [0.2, 0.25) is 0 Å². The summed E-state index contributed by atoms with van der Waals surface area (Å²) in [6, 6.07) is 16.7. The first-order chi connectivity index (χ1) is 11.7. The van der Waals surface area contributed by atoms with E-state index in [9.17, 15) is 0 Å². The Balaban J connectivity index is 1.83. The van der Waals surface area contributed by atoms with Crippen LogP contribution in [-0.4, -0.2) is 31.1 Å². The summed E-state index contributed by atoms with van der Waals surface area (Å²) in [6.45, 7) is 6.20. The van der Waals surface area contributed by atoms with Crippen molar-refractivity contribution in [3.63, 3.8) is 0 Å². The molecule has 0 saturated heterocycles. The maximum Gasteiger partial charge on any atom is 0.191 e. The van der Waals surface area contributed by atoms with Crippen LogP contribution in [0.1, 0.15) is 31.0 Å². The lowest BCUT2D eigenvalue weighted by molar-refractivity contribution is 0.488. The van der Waals surface area contributed by atoms with Gasteiger partial charge in [-0.15, -0.1) is 0 Å². The number of nitrogens with one attached hydrogen (secondary N) is 2. The molecular weight excluding hydrogens is 296 g/mol. The molecule has 1 aromatic heterocycles. The monoisotopic (exact) mass is 324 g/mol. The molecule has 2 rings (SSSR count). The Morgan fingerprint density at radius 2 is 1.79 bits per heavy atom. The van der Waals surface area contributed by atoms with Gasteiger partial charge < -0.3 is 10.6 Å². The van der Waals surface area contributed by atoms with Crippen molar-refractivity contribution >= 4 is 5.96 Å². The molecule has 0 fully saturated rings. The van der Waals surface area contributed by atoms with Gasteiger partial charge in [0.1, 0.15) is 0 Å². The summed E-state index contributed by atoms with van der Waals surface area (Å²) in [5, 5.41) is 6.82. The Kier molecular flexibility index (Phi) is 7.27. The molecule has 24 heavy (non-hydrogen) atoms. The second kappa shape index (κ2) is 9.71. The normalized spacial score (nSPS) is 12.9. The highest BCUT2D eigenvalue weighted by molar-refractivity contribution is 5.79. The van der Waals surface area contributed by atoms with Gasteiger partial charge in [0.25, 0.3) is 0 Å². The largest absolute Gasteiger partial charge is 0.356 e. The zero-order chi connectivity index (χ0) is 17.2. The third kappa shape index (κ3) is 5.69. The van der Waals surface area contributed by atoms with Gasteiger partial charge in [-0.2, -0.15) is 0 Å². The Morgan fingerprint density at radius 1 is 1.04 bits per heavy atom. The first-order valence-corrected chi connectivity index (χ1v) is 8.60. The third-order valence-electron chi connectivity index (χ3n) is 4.15. The summed E-state index contributed by atoms with van der Waals surface area (Å²) in [5.41, 5.74) is 2.45. The molecule has 4 nitrogen and oxygen atoms in total. The van der Waals surface area contributed by atoms with Crippen molar-refractivity contribution in [2.24, 2.45) is 10.9 Å². The van der Waals surface area contributed by atoms with Gasteiger partial charge in [-0.25, -0.2) is 0 Å². The lowest BCUT2D eigenvalue weighted by atomic mass is 9.88. The van der Waals surface area contributed by atoms with E-state index in [4.69, 9.17) is 0 Å². The van der Waals surface area contributed by atoms with Gasteiger partial charge in [-0.3, -0.25) is 9.98 Å². The van der Waals surface area contributed by atoms with E-state index in [-0.39, 0.29) is 0 Å². The van der Waals surface area contributed by atoms with Crippen LogP contribution < -0.4 is 10.6 Å². The van der Waals surface area contributed by atoms with Gasteiger partial charge in [0.15, 0.2) is 5.96 Å². The lowest BCUT2D eigenvalue weighted by Gasteiger charge is -2.23. The maximum absolute atomic E-state index is 4.34. The SMILES string of the molecule is CN=C(NCCc1ccccn1)NCC(c1ccccc1)C(C)C. The minimum absolute atomic E-state index is 0.459. The van der Waals surface area contributed by atoms with Gasteiger partial charge in [0.05, 0.1) is 0 Å². The van der Waals surface area contributed by atoms with Gasteiger partial charge in [0, 0.05) is 44.4 Å². The number of rotatable bonds is 7. The van der Waals surface area contributed by atoms with Crippen molar-refractivity contribution in [2.45, 2.75) is 26.2 Å². The summed E-state index contributed by atoms with van der Waals surface area (Å²) < 4.78 is 0. The molecular formula is C20H28N4. The molecule has 1 heterocycles. The molecule has 0 aliphatic rings. The number of benzene rings is 1. The van der Waals surface area contributed by atoms with Crippen molar-refractivity contribution in [3.8, 4) is 0 Å².